The number of benzene rings is 1. The highest BCUT2D eigenvalue weighted by Gasteiger charge is 2.18. The molecule has 1 aromatic carbocycles. The molecular formula is C15H23NO3. The lowest BCUT2D eigenvalue weighted by atomic mass is 10.2. The van der Waals surface area contributed by atoms with Gasteiger partial charge in [0.05, 0.1) is 7.11 Å². The molecule has 1 rings (SSSR count). The van der Waals surface area contributed by atoms with Gasteiger partial charge >= 0.3 is 5.97 Å². The second-order valence-electron chi connectivity index (χ2n) is 4.68. The van der Waals surface area contributed by atoms with Crippen molar-refractivity contribution in [1.29, 1.82) is 0 Å². The molecule has 0 heterocycles. The SMILES string of the molecule is CCC(NC(C)COc1ccc(C)cc1)C(=O)OC. The van der Waals surface area contributed by atoms with Crippen LogP contribution in [0.5, 0.6) is 5.75 Å². The first-order valence-electron chi connectivity index (χ1n) is 6.60. The molecule has 2 atom stereocenters. The largest absolute Gasteiger partial charge is 0.492 e. The maximum Gasteiger partial charge on any atom is 0.322 e. The van der Waals surface area contributed by atoms with Crippen LogP contribution >= 0.6 is 0 Å². The van der Waals surface area contributed by atoms with Crippen molar-refractivity contribution >= 4 is 5.97 Å². The highest BCUT2D eigenvalue weighted by molar-refractivity contribution is 5.75. The molecular weight excluding hydrogens is 242 g/mol. The Balaban J connectivity index is 2.40. The molecule has 106 valence electrons. The van der Waals surface area contributed by atoms with Gasteiger partial charge < -0.3 is 9.47 Å². The molecule has 0 bridgehead atoms. The third kappa shape index (κ3) is 5.30. The molecule has 0 saturated heterocycles. The minimum absolute atomic E-state index is 0.0744. The summed E-state index contributed by atoms with van der Waals surface area (Å²) in [7, 11) is 1.40. The Morgan fingerprint density at radius 2 is 1.95 bits per heavy atom. The molecule has 4 heteroatoms. The maximum absolute atomic E-state index is 11.5. The van der Waals surface area contributed by atoms with E-state index in [1.165, 1.54) is 12.7 Å². The van der Waals surface area contributed by atoms with E-state index in [-0.39, 0.29) is 18.1 Å². The van der Waals surface area contributed by atoms with Crippen LogP contribution in [0.2, 0.25) is 0 Å². The van der Waals surface area contributed by atoms with Crippen molar-refractivity contribution in [2.24, 2.45) is 0 Å². The third-order valence-corrected chi connectivity index (χ3v) is 2.90. The summed E-state index contributed by atoms with van der Waals surface area (Å²) in [5.41, 5.74) is 1.20. The molecule has 1 aromatic rings. The van der Waals surface area contributed by atoms with Crippen molar-refractivity contribution in [3.8, 4) is 5.75 Å². The Bertz CT molecular complexity index is 389. The molecule has 2 unspecified atom stereocenters. The summed E-state index contributed by atoms with van der Waals surface area (Å²) >= 11 is 0. The van der Waals surface area contributed by atoms with E-state index in [1.807, 2.05) is 45.0 Å². The Morgan fingerprint density at radius 3 is 2.47 bits per heavy atom. The minimum atomic E-state index is -0.276. The van der Waals surface area contributed by atoms with Crippen LogP contribution in [-0.4, -0.2) is 31.8 Å². The topological polar surface area (TPSA) is 47.6 Å². The standard InChI is InChI=1S/C15H23NO3/c1-5-14(15(17)18-4)16-12(3)10-19-13-8-6-11(2)7-9-13/h6-9,12,14,16H,5,10H2,1-4H3. The van der Waals surface area contributed by atoms with Crippen LogP contribution in [-0.2, 0) is 9.53 Å². The average Bonchev–Trinajstić information content (AvgIpc) is 2.43. The first-order valence-corrected chi connectivity index (χ1v) is 6.60. The first-order chi connectivity index (χ1) is 9.06. The Hall–Kier alpha value is -1.55. The van der Waals surface area contributed by atoms with Crippen LogP contribution in [0.1, 0.15) is 25.8 Å². The summed E-state index contributed by atoms with van der Waals surface area (Å²) < 4.78 is 10.4. The molecule has 0 aromatic heterocycles. The normalized spacial score (nSPS) is 13.7. The summed E-state index contributed by atoms with van der Waals surface area (Å²) in [6.07, 6.45) is 0.696. The Morgan fingerprint density at radius 1 is 1.32 bits per heavy atom. The van der Waals surface area contributed by atoms with Gasteiger partial charge in [-0.3, -0.25) is 10.1 Å². The van der Waals surface area contributed by atoms with Gasteiger partial charge in [-0.1, -0.05) is 24.6 Å². The number of carbonyl (C=O) groups excluding carboxylic acids is 1. The number of nitrogens with one attached hydrogen (secondary N) is 1. The van der Waals surface area contributed by atoms with E-state index in [9.17, 15) is 4.79 Å². The van der Waals surface area contributed by atoms with E-state index in [0.29, 0.717) is 13.0 Å². The van der Waals surface area contributed by atoms with E-state index in [0.717, 1.165) is 5.75 Å². The Labute approximate surface area is 115 Å². The highest BCUT2D eigenvalue weighted by atomic mass is 16.5. The monoisotopic (exact) mass is 265 g/mol. The lowest BCUT2D eigenvalue weighted by Gasteiger charge is -2.20. The van der Waals surface area contributed by atoms with Gasteiger partial charge in [-0.2, -0.15) is 0 Å². The number of esters is 1. The number of ether oxygens (including phenoxy) is 2. The number of hydrogen-bond acceptors (Lipinski definition) is 4. The lowest BCUT2D eigenvalue weighted by molar-refractivity contribution is -0.143. The fourth-order valence-corrected chi connectivity index (χ4v) is 1.74. The molecule has 0 aliphatic carbocycles. The van der Waals surface area contributed by atoms with Gasteiger partial charge in [0.15, 0.2) is 0 Å². The van der Waals surface area contributed by atoms with Gasteiger partial charge in [0.1, 0.15) is 18.4 Å². The van der Waals surface area contributed by atoms with Crippen LogP contribution in [0.25, 0.3) is 0 Å². The smallest absolute Gasteiger partial charge is 0.322 e. The van der Waals surface area contributed by atoms with Crippen LogP contribution in [0.15, 0.2) is 24.3 Å². The van der Waals surface area contributed by atoms with Crippen LogP contribution in [0, 0.1) is 6.92 Å². The number of aryl methyl sites for hydroxylation is 1. The first kappa shape index (κ1) is 15.5. The summed E-state index contributed by atoms with van der Waals surface area (Å²) in [5, 5.41) is 3.20. The summed E-state index contributed by atoms with van der Waals surface area (Å²) in [6.45, 7) is 6.48. The molecule has 1 N–H and O–H groups in total. The van der Waals surface area contributed by atoms with Crippen molar-refractivity contribution in [1.82, 2.24) is 5.32 Å². The van der Waals surface area contributed by atoms with Crippen LogP contribution < -0.4 is 10.1 Å². The molecule has 0 radical (unpaired) electrons. The lowest BCUT2D eigenvalue weighted by Crippen LogP contribution is -2.44. The summed E-state index contributed by atoms with van der Waals surface area (Å²) in [4.78, 5) is 11.5. The second kappa shape index (κ2) is 7.79. The number of rotatable bonds is 7. The zero-order valence-corrected chi connectivity index (χ0v) is 12.1. The molecule has 0 saturated carbocycles. The van der Waals surface area contributed by atoms with E-state index >= 15 is 0 Å². The molecule has 0 aliphatic rings. The summed E-state index contributed by atoms with van der Waals surface area (Å²) in [6, 6.07) is 7.71. The fraction of sp³-hybridized carbons (Fsp3) is 0.533. The molecule has 0 spiro atoms. The zero-order chi connectivity index (χ0) is 14.3. The molecule has 19 heavy (non-hydrogen) atoms. The van der Waals surface area contributed by atoms with Gasteiger partial charge in [0, 0.05) is 6.04 Å². The van der Waals surface area contributed by atoms with Crippen LogP contribution in [0.4, 0.5) is 0 Å². The van der Waals surface area contributed by atoms with Gasteiger partial charge in [0.25, 0.3) is 0 Å². The highest BCUT2D eigenvalue weighted by Crippen LogP contribution is 2.11. The molecule has 0 amide bonds. The van der Waals surface area contributed by atoms with Crippen molar-refractivity contribution in [2.75, 3.05) is 13.7 Å². The van der Waals surface area contributed by atoms with E-state index in [4.69, 9.17) is 9.47 Å². The number of hydrogen-bond donors (Lipinski definition) is 1. The van der Waals surface area contributed by atoms with Crippen molar-refractivity contribution in [3.05, 3.63) is 29.8 Å². The van der Waals surface area contributed by atoms with E-state index < -0.39 is 0 Å². The minimum Gasteiger partial charge on any atom is -0.492 e. The van der Waals surface area contributed by atoms with Gasteiger partial charge in [0.2, 0.25) is 0 Å². The third-order valence-electron chi connectivity index (χ3n) is 2.90. The molecule has 0 aliphatic heterocycles. The Kier molecular flexibility index (Phi) is 6.36. The van der Waals surface area contributed by atoms with E-state index in [1.54, 1.807) is 0 Å². The molecule has 4 nitrogen and oxygen atoms in total. The van der Waals surface area contributed by atoms with Gasteiger partial charge in [-0.25, -0.2) is 0 Å². The fourth-order valence-electron chi connectivity index (χ4n) is 1.74. The maximum atomic E-state index is 11.5. The number of carbonyl (C=O) groups is 1. The summed E-state index contributed by atoms with van der Waals surface area (Å²) in [5.74, 6) is 0.607. The molecule has 0 fully saturated rings. The average molecular weight is 265 g/mol. The van der Waals surface area contributed by atoms with Crippen molar-refractivity contribution in [2.45, 2.75) is 39.3 Å². The van der Waals surface area contributed by atoms with Crippen molar-refractivity contribution < 1.29 is 14.3 Å². The van der Waals surface area contributed by atoms with Crippen molar-refractivity contribution in [3.63, 3.8) is 0 Å². The van der Waals surface area contributed by atoms with Crippen LogP contribution in [0.3, 0.4) is 0 Å². The van der Waals surface area contributed by atoms with E-state index in [2.05, 4.69) is 5.32 Å². The van der Waals surface area contributed by atoms with Gasteiger partial charge in [-0.05, 0) is 32.4 Å². The predicted molar refractivity (Wildman–Crippen MR) is 75.4 cm³/mol. The van der Waals surface area contributed by atoms with Gasteiger partial charge in [-0.15, -0.1) is 0 Å². The number of methoxy groups -OCH3 is 1. The zero-order valence-electron chi connectivity index (χ0n) is 12.1. The quantitative estimate of drug-likeness (QED) is 0.769. The predicted octanol–water partition coefficient (Wildman–Crippen LogP) is 2.30. The second-order valence-corrected chi connectivity index (χ2v) is 4.68.